The van der Waals surface area contributed by atoms with Gasteiger partial charge in [-0.15, -0.1) is 0 Å². The predicted molar refractivity (Wildman–Crippen MR) is 102 cm³/mol. The van der Waals surface area contributed by atoms with Crippen LogP contribution in [0.3, 0.4) is 0 Å². The first kappa shape index (κ1) is 19.6. The van der Waals surface area contributed by atoms with Gasteiger partial charge in [-0.25, -0.2) is 0 Å². The summed E-state index contributed by atoms with van der Waals surface area (Å²) in [4.78, 5) is 10.9. The van der Waals surface area contributed by atoms with Crippen molar-refractivity contribution in [1.82, 2.24) is 5.32 Å². The lowest BCUT2D eigenvalue weighted by Gasteiger charge is -2.49. The molecule has 0 bridgehead atoms. The van der Waals surface area contributed by atoms with Gasteiger partial charge in [0.2, 0.25) is 5.91 Å². The van der Waals surface area contributed by atoms with Gasteiger partial charge in [-0.05, 0) is 55.8 Å². The summed E-state index contributed by atoms with van der Waals surface area (Å²) < 4.78 is 0. The lowest BCUT2D eigenvalue weighted by Crippen LogP contribution is -2.53. The van der Waals surface area contributed by atoms with Gasteiger partial charge in [-0.1, -0.05) is 49.5 Å². The van der Waals surface area contributed by atoms with E-state index in [1.807, 2.05) is 12.1 Å². The molecule has 1 aliphatic carbocycles. The molecule has 1 atom stereocenters. The number of amides is 1. The number of halogens is 2. The molecule has 3 nitrogen and oxygen atoms in total. The standard InChI is InChI=1S/C19H28Cl2N2O/c1-13(2)11-17(23-10-3-5-18(22)24)19(8-4-9-19)14-6-7-15(20)16(21)12-14/h6-7,12-13,17,23H,3-5,8-11H2,1-2H3,(H2,22,24)/t17-/m0/s1. The molecule has 3 N–H and O–H groups in total. The van der Waals surface area contributed by atoms with Crippen LogP contribution in [0.1, 0.15) is 57.9 Å². The number of hydrogen-bond acceptors (Lipinski definition) is 2. The minimum Gasteiger partial charge on any atom is -0.370 e. The highest BCUT2D eigenvalue weighted by Crippen LogP contribution is 2.49. The molecule has 0 saturated heterocycles. The third-order valence-corrected chi connectivity index (χ3v) is 5.84. The Balaban J connectivity index is 2.17. The van der Waals surface area contributed by atoms with Crippen LogP contribution >= 0.6 is 23.2 Å². The van der Waals surface area contributed by atoms with Gasteiger partial charge >= 0.3 is 0 Å². The summed E-state index contributed by atoms with van der Waals surface area (Å²) in [6, 6.07) is 6.42. The Kier molecular flexibility index (Phi) is 6.97. The molecule has 0 aliphatic heterocycles. The molecule has 0 radical (unpaired) electrons. The molecule has 1 aromatic carbocycles. The SMILES string of the molecule is CC(C)C[C@H](NCCCC(N)=O)C1(c2ccc(Cl)c(Cl)c2)CCC1. The molecule has 5 heteroatoms. The van der Waals surface area contributed by atoms with Gasteiger partial charge in [-0.2, -0.15) is 0 Å². The first-order valence-corrected chi connectivity index (χ1v) is 9.58. The van der Waals surface area contributed by atoms with Crippen LogP contribution < -0.4 is 11.1 Å². The molecule has 1 saturated carbocycles. The monoisotopic (exact) mass is 370 g/mol. The minimum absolute atomic E-state index is 0.116. The fourth-order valence-corrected chi connectivity index (χ4v) is 4.01. The highest BCUT2D eigenvalue weighted by atomic mass is 35.5. The van der Waals surface area contributed by atoms with Gasteiger partial charge < -0.3 is 11.1 Å². The second kappa shape index (κ2) is 8.55. The van der Waals surface area contributed by atoms with E-state index in [1.54, 1.807) is 0 Å². The maximum absolute atomic E-state index is 10.9. The third kappa shape index (κ3) is 4.65. The summed E-state index contributed by atoms with van der Waals surface area (Å²) in [5.74, 6) is 0.360. The number of benzene rings is 1. The van der Waals surface area contributed by atoms with Crippen LogP contribution in [0.25, 0.3) is 0 Å². The largest absolute Gasteiger partial charge is 0.370 e. The zero-order chi connectivity index (χ0) is 17.7. The summed E-state index contributed by atoms with van der Waals surface area (Å²) in [6.07, 6.45) is 5.85. The normalized spacial score (nSPS) is 17.5. The van der Waals surface area contributed by atoms with Crippen LogP contribution in [0, 0.1) is 5.92 Å². The molecule has 1 fully saturated rings. The van der Waals surface area contributed by atoms with Crippen molar-refractivity contribution in [1.29, 1.82) is 0 Å². The Bertz CT molecular complexity index is 570. The lowest BCUT2D eigenvalue weighted by atomic mass is 9.59. The minimum atomic E-state index is -0.236. The van der Waals surface area contributed by atoms with E-state index >= 15 is 0 Å². The van der Waals surface area contributed by atoms with Gasteiger partial charge in [0.1, 0.15) is 0 Å². The number of carbonyl (C=O) groups is 1. The summed E-state index contributed by atoms with van der Waals surface area (Å²) in [5.41, 5.74) is 6.63. The molecule has 0 spiro atoms. The molecule has 0 heterocycles. The maximum atomic E-state index is 10.9. The van der Waals surface area contributed by atoms with Crippen LogP contribution in [0.5, 0.6) is 0 Å². The Morgan fingerprint density at radius 3 is 2.50 bits per heavy atom. The van der Waals surface area contributed by atoms with Crippen LogP contribution in [0.15, 0.2) is 18.2 Å². The van der Waals surface area contributed by atoms with Crippen molar-refractivity contribution in [2.45, 2.75) is 63.8 Å². The van der Waals surface area contributed by atoms with Crippen molar-refractivity contribution in [3.8, 4) is 0 Å². The quantitative estimate of drug-likeness (QED) is 0.619. The van der Waals surface area contributed by atoms with Crippen molar-refractivity contribution in [3.05, 3.63) is 33.8 Å². The molecule has 24 heavy (non-hydrogen) atoms. The van der Waals surface area contributed by atoms with E-state index in [1.165, 1.54) is 12.0 Å². The number of nitrogens with one attached hydrogen (secondary N) is 1. The van der Waals surface area contributed by atoms with E-state index in [-0.39, 0.29) is 11.3 Å². The Hall–Kier alpha value is -0.770. The summed E-state index contributed by atoms with van der Waals surface area (Å²) in [6.45, 7) is 5.31. The number of primary amides is 1. The van der Waals surface area contributed by atoms with Crippen molar-refractivity contribution < 1.29 is 4.79 Å². The Labute approximate surface area is 155 Å². The number of hydrogen-bond donors (Lipinski definition) is 2. The van der Waals surface area contributed by atoms with Crippen molar-refractivity contribution in [2.75, 3.05) is 6.54 Å². The van der Waals surface area contributed by atoms with Gasteiger partial charge in [-0.3, -0.25) is 4.79 Å². The molecule has 1 amide bonds. The molecular formula is C19H28Cl2N2O. The van der Waals surface area contributed by atoms with Crippen molar-refractivity contribution in [2.24, 2.45) is 11.7 Å². The predicted octanol–water partition coefficient (Wildman–Crippen LogP) is 4.68. The van der Waals surface area contributed by atoms with Crippen LogP contribution in [0.2, 0.25) is 10.0 Å². The van der Waals surface area contributed by atoms with Crippen molar-refractivity contribution in [3.63, 3.8) is 0 Å². The maximum Gasteiger partial charge on any atom is 0.217 e. The lowest BCUT2D eigenvalue weighted by molar-refractivity contribution is -0.118. The molecular weight excluding hydrogens is 343 g/mol. The summed E-state index contributed by atoms with van der Waals surface area (Å²) >= 11 is 12.4. The van der Waals surface area contributed by atoms with E-state index in [0.29, 0.717) is 28.4 Å². The van der Waals surface area contributed by atoms with Gasteiger partial charge in [0, 0.05) is 17.9 Å². The van der Waals surface area contributed by atoms with E-state index < -0.39 is 0 Å². The van der Waals surface area contributed by atoms with E-state index in [9.17, 15) is 4.79 Å². The highest BCUT2D eigenvalue weighted by Gasteiger charge is 2.45. The molecule has 1 aliphatic rings. The fourth-order valence-electron chi connectivity index (χ4n) is 3.72. The van der Waals surface area contributed by atoms with E-state index in [0.717, 1.165) is 32.2 Å². The second-order valence-corrected chi connectivity index (χ2v) is 8.16. The number of carbonyl (C=O) groups excluding carboxylic acids is 1. The highest BCUT2D eigenvalue weighted by molar-refractivity contribution is 6.42. The third-order valence-electron chi connectivity index (χ3n) is 5.11. The fraction of sp³-hybridized carbons (Fsp3) is 0.632. The zero-order valence-electron chi connectivity index (χ0n) is 14.6. The number of nitrogens with two attached hydrogens (primary N) is 1. The van der Waals surface area contributed by atoms with Crippen LogP contribution in [-0.4, -0.2) is 18.5 Å². The Morgan fingerprint density at radius 1 is 1.29 bits per heavy atom. The molecule has 2 rings (SSSR count). The summed E-state index contributed by atoms with van der Waals surface area (Å²) in [7, 11) is 0. The first-order chi connectivity index (χ1) is 11.3. The average molecular weight is 371 g/mol. The Morgan fingerprint density at radius 2 is 2.00 bits per heavy atom. The molecule has 0 unspecified atom stereocenters. The van der Waals surface area contributed by atoms with Crippen LogP contribution in [-0.2, 0) is 10.2 Å². The topological polar surface area (TPSA) is 55.1 Å². The zero-order valence-corrected chi connectivity index (χ0v) is 16.1. The second-order valence-electron chi connectivity index (χ2n) is 7.34. The van der Waals surface area contributed by atoms with Crippen LogP contribution in [0.4, 0.5) is 0 Å². The molecule has 134 valence electrons. The molecule has 1 aromatic rings. The van der Waals surface area contributed by atoms with Gasteiger partial charge in [0.05, 0.1) is 10.0 Å². The van der Waals surface area contributed by atoms with E-state index in [2.05, 4.69) is 25.2 Å². The number of rotatable bonds is 9. The molecule has 0 aromatic heterocycles. The smallest absolute Gasteiger partial charge is 0.217 e. The van der Waals surface area contributed by atoms with E-state index in [4.69, 9.17) is 28.9 Å². The average Bonchev–Trinajstić information content (AvgIpc) is 2.45. The van der Waals surface area contributed by atoms with Gasteiger partial charge in [0.25, 0.3) is 0 Å². The summed E-state index contributed by atoms with van der Waals surface area (Å²) in [5, 5.41) is 4.92. The van der Waals surface area contributed by atoms with Gasteiger partial charge in [0.15, 0.2) is 0 Å². The first-order valence-electron chi connectivity index (χ1n) is 8.82. The van der Waals surface area contributed by atoms with Crippen molar-refractivity contribution >= 4 is 29.1 Å².